The highest BCUT2D eigenvalue weighted by Crippen LogP contribution is 2.16. The maximum absolute atomic E-state index is 8.89. The molecule has 0 aliphatic carbocycles. The average molecular weight is 188 g/mol. The standard InChI is InChI=1S/C10H12N4/c1-4-5-6-12-10-9(7-11)8(2)13-14(10)3/h12H,6H2,1-3H3. The summed E-state index contributed by atoms with van der Waals surface area (Å²) < 4.78 is 1.66. The summed E-state index contributed by atoms with van der Waals surface area (Å²) >= 11 is 0. The van der Waals surface area contributed by atoms with Crippen LogP contribution in [-0.4, -0.2) is 16.3 Å². The van der Waals surface area contributed by atoms with Crippen LogP contribution in [0.1, 0.15) is 18.2 Å². The third-order valence-electron chi connectivity index (χ3n) is 1.86. The van der Waals surface area contributed by atoms with Gasteiger partial charge in [-0.1, -0.05) is 5.92 Å². The second kappa shape index (κ2) is 4.34. The molecule has 1 aromatic rings. The molecule has 14 heavy (non-hydrogen) atoms. The van der Waals surface area contributed by atoms with Gasteiger partial charge in [0.2, 0.25) is 0 Å². The Morgan fingerprint density at radius 3 is 2.86 bits per heavy atom. The molecule has 0 radical (unpaired) electrons. The summed E-state index contributed by atoms with van der Waals surface area (Å²) in [7, 11) is 1.80. The molecule has 0 amide bonds. The van der Waals surface area contributed by atoms with E-state index in [9.17, 15) is 0 Å². The number of hydrogen-bond acceptors (Lipinski definition) is 3. The number of rotatable bonds is 2. The van der Waals surface area contributed by atoms with Gasteiger partial charge in [-0.25, -0.2) is 0 Å². The van der Waals surface area contributed by atoms with Gasteiger partial charge >= 0.3 is 0 Å². The van der Waals surface area contributed by atoms with Crippen molar-refractivity contribution in [1.29, 1.82) is 5.26 Å². The topological polar surface area (TPSA) is 53.6 Å². The molecule has 0 saturated carbocycles. The summed E-state index contributed by atoms with van der Waals surface area (Å²) in [4.78, 5) is 0. The van der Waals surface area contributed by atoms with E-state index < -0.39 is 0 Å². The third kappa shape index (κ3) is 1.86. The normalized spacial score (nSPS) is 8.71. The molecule has 4 heteroatoms. The predicted octanol–water partition coefficient (Wildman–Crippen LogP) is 1.04. The number of hydrogen-bond donors (Lipinski definition) is 1. The van der Waals surface area contributed by atoms with E-state index in [1.807, 2.05) is 6.92 Å². The second-order valence-electron chi connectivity index (χ2n) is 2.82. The highest BCUT2D eigenvalue weighted by molar-refractivity contribution is 5.55. The predicted molar refractivity (Wildman–Crippen MR) is 54.6 cm³/mol. The van der Waals surface area contributed by atoms with E-state index in [2.05, 4.69) is 28.3 Å². The fourth-order valence-corrected chi connectivity index (χ4v) is 1.21. The van der Waals surface area contributed by atoms with Crippen LogP contribution < -0.4 is 5.32 Å². The van der Waals surface area contributed by atoms with Crippen LogP contribution in [0.4, 0.5) is 5.82 Å². The van der Waals surface area contributed by atoms with E-state index in [0.29, 0.717) is 12.1 Å². The molecule has 1 N–H and O–H groups in total. The average Bonchev–Trinajstić information content (AvgIpc) is 2.42. The van der Waals surface area contributed by atoms with Crippen LogP contribution in [-0.2, 0) is 7.05 Å². The minimum atomic E-state index is 0.532. The zero-order valence-electron chi connectivity index (χ0n) is 8.55. The van der Waals surface area contributed by atoms with Gasteiger partial charge in [0.25, 0.3) is 0 Å². The van der Waals surface area contributed by atoms with E-state index in [1.54, 1.807) is 18.7 Å². The van der Waals surface area contributed by atoms with Crippen LogP contribution in [0.25, 0.3) is 0 Å². The maximum atomic E-state index is 8.89. The van der Waals surface area contributed by atoms with Gasteiger partial charge in [0.1, 0.15) is 17.5 Å². The Kier molecular flexibility index (Phi) is 3.14. The first-order chi connectivity index (χ1) is 6.70. The Morgan fingerprint density at radius 1 is 1.57 bits per heavy atom. The van der Waals surface area contributed by atoms with Crippen molar-refractivity contribution < 1.29 is 0 Å². The molecular formula is C10H12N4. The molecule has 1 heterocycles. The van der Waals surface area contributed by atoms with E-state index >= 15 is 0 Å². The Hall–Kier alpha value is -1.94. The molecular weight excluding hydrogens is 176 g/mol. The van der Waals surface area contributed by atoms with Gasteiger partial charge in [0.05, 0.1) is 12.2 Å². The first-order valence-electron chi connectivity index (χ1n) is 4.28. The fourth-order valence-electron chi connectivity index (χ4n) is 1.21. The summed E-state index contributed by atoms with van der Waals surface area (Å²) in [6.45, 7) is 4.13. The Balaban J connectivity index is 2.94. The van der Waals surface area contributed by atoms with Crippen LogP contribution in [0.5, 0.6) is 0 Å². The van der Waals surface area contributed by atoms with Crippen molar-refractivity contribution >= 4 is 5.82 Å². The summed E-state index contributed by atoms with van der Waals surface area (Å²) in [6, 6.07) is 2.12. The molecule has 0 atom stereocenters. The fraction of sp³-hybridized carbons (Fsp3) is 0.400. The minimum Gasteiger partial charge on any atom is -0.358 e. The molecule has 0 aromatic carbocycles. The van der Waals surface area contributed by atoms with Gasteiger partial charge in [0.15, 0.2) is 0 Å². The zero-order chi connectivity index (χ0) is 10.6. The maximum Gasteiger partial charge on any atom is 0.143 e. The number of anilines is 1. The van der Waals surface area contributed by atoms with Crippen molar-refractivity contribution in [3.8, 4) is 17.9 Å². The molecule has 0 aliphatic rings. The monoisotopic (exact) mass is 188 g/mol. The van der Waals surface area contributed by atoms with Crippen molar-refractivity contribution in [3.63, 3.8) is 0 Å². The summed E-state index contributed by atoms with van der Waals surface area (Å²) in [6.07, 6.45) is 0. The van der Waals surface area contributed by atoms with Crippen LogP contribution in [0.3, 0.4) is 0 Å². The Bertz CT molecular complexity index is 425. The van der Waals surface area contributed by atoms with Gasteiger partial charge in [-0.15, -0.1) is 5.92 Å². The number of aromatic nitrogens is 2. The summed E-state index contributed by atoms with van der Waals surface area (Å²) in [5.74, 6) is 6.38. The molecule has 0 unspecified atom stereocenters. The third-order valence-corrected chi connectivity index (χ3v) is 1.86. The first kappa shape index (κ1) is 10.1. The molecule has 0 saturated heterocycles. The molecule has 0 fully saturated rings. The summed E-state index contributed by atoms with van der Waals surface area (Å²) in [5, 5.41) is 16.1. The van der Waals surface area contributed by atoms with E-state index in [-0.39, 0.29) is 0 Å². The highest BCUT2D eigenvalue weighted by atomic mass is 15.3. The lowest BCUT2D eigenvalue weighted by Crippen LogP contribution is -2.05. The lowest BCUT2D eigenvalue weighted by molar-refractivity contribution is 0.761. The molecule has 0 aliphatic heterocycles. The number of nitrogens with one attached hydrogen (secondary N) is 1. The van der Waals surface area contributed by atoms with E-state index in [0.717, 1.165) is 11.5 Å². The van der Waals surface area contributed by atoms with Crippen molar-refractivity contribution in [3.05, 3.63) is 11.3 Å². The van der Waals surface area contributed by atoms with Crippen molar-refractivity contribution in [2.75, 3.05) is 11.9 Å². The second-order valence-corrected chi connectivity index (χ2v) is 2.82. The number of nitrogens with zero attached hydrogens (tertiary/aromatic N) is 3. The van der Waals surface area contributed by atoms with Gasteiger partial charge in [0, 0.05) is 7.05 Å². The molecule has 1 aromatic heterocycles. The van der Waals surface area contributed by atoms with Crippen molar-refractivity contribution in [2.24, 2.45) is 7.05 Å². The molecule has 0 bridgehead atoms. The zero-order valence-corrected chi connectivity index (χ0v) is 8.55. The number of aryl methyl sites for hydroxylation is 2. The molecule has 0 spiro atoms. The molecule has 72 valence electrons. The van der Waals surface area contributed by atoms with E-state index in [4.69, 9.17) is 5.26 Å². The quantitative estimate of drug-likeness (QED) is 0.705. The minimum absolute atomic E-state index is 0.532. The largest absolute Gasteiger partial charge is 0.358 e. The van der Waals surface area contributed by atoms with Crippen LogP contribution in [0.2, 0.25) is 0 Å². The molecule has 4 nitrogen and oxygen atoms in total. The van der Waals surface area contributed by atoms with Crippen LogP contribution in [0, 0.1) is 30.1 Å². The molecule has 1 rings (SSSR count). The Labute approximate surface area is 83.5 Å². The highest BCUT2D eigenvalue weighted by Gasteiger charge is 2.11. The smallest absolute Gasteiger partial charge is 0.143 e. The lowest BCUT2D eigenvalue weighted by Gasteiger charge is -2.02. The van der Waals surface area contributed by atoms with Gasteiger partial charge < -0.3 is 5.32 Å². The van der Waals surface area contributed by atoms with Gasteiger partial charge in [-0.2, -0.15) is 10.4 Å². The van der Waals surface area contributed by atoms with Crippen molar-refractivity contribution in [2.45, 2.75) is 13.8 Å². The SMILES string of the molecule is CC#CCNc1c(C#N)c(C)nn1C. The van der Waals surface area contributed by atoms with Gasteiger partial charge in [-0.3, -0.25) is 4.68 Å². The lowest BCUT2D eigenvalue weighted by atomic mass is 10.2. The number of nitriles is 1. The van der Waals surface area contributed by atoms with Gasteiger partial charge in [-0.05, 0) is 13.8 Å². The van der Waals surface area contributed by atoms with Crippen LogP contribution in [0.15, 0.2) is 0 Å². The Morgan fingerprint density at radius 2 is 2.29 bits per heavy atom. The summed E-state index contributed by atoms with van der Waals surface area (Å²) in [5.41, 5.74) is 1.33. The van der Waals surface area contributed by atoms with Crippen molar-refractivity contribution in [1.82, 2.24) is 9.78 Å². The van der Waals surface area contributed by atoms with Crippen LogP contribution >= 0.6 is 0 Å². The first-order valence-corrected chi connectivity index (χ1v) is 4.28. The van der Waals surface area contributed by atoms with E-state index in [1.165, 1.54) is 0 Å².